The van der Waals surface area contributed by atoms with Crippen LogP contribution in [0.15, 0.2) is 41.3 Å². The van der Waals surface area contributed by atoms with Crippen LogP contribution >= 0.6 is 0 Å². The van der Waals surface area contributed by atoms with Crippen LogP contribution in [0.1, 0.15) is 27.2 Å². The SMILES string of the molecule is C=CCCN(C(=O)Oc1nnc(-c2ccccc2N)o1)C(C)(C)C. The number of nitrogens with zero attached hydrogens (tertiary/aromatic N) is 3. The van der Waals surface area contributed by atoms with Crippen molar-refractivity contribution in [2.24, 2.45) is 0 Å². The lowest BCUT2D eigenvalue weighted by molar-refractivity contribution is 0.0982. The molecule has 0 radical (unpaired) electrons. The molecule has 7 nitrogen and oxygen atoms in total. The molecule has 1 aromatic carbocycles. The van der Waals surface area contributed by atoms with E-state index in [2.05, 4.69) is 16.8 Å². The van der Waals surface area contributed by atoms with Gasteiger partial charge in [-0.3, -0.25) is 0 Å². The van der Waals surface area contributed by atoms with Gasteiger partial charge in [0.15, 0.2) is 0 Å². The summed E-state index contributed by atoms with van der Waals surface area (Å²) < 4.78 is 10.6. The number of carbonyl (C=O) groups excluding carboxylic acids is 1. The molecule has 0 atom stereocenters. The maximum absolute atomic E-state index is 12.4. The molecule has 0 saturated carbocycles. The van der Waals surface area contributed by atoms with Gasteiger partial charge in [-0.2, -0.15) is 0 Å². The Hall–Kier alpha value is -2.83. The summed E-state index contributed by atoms with van der Waals surface area (Å²) in [6.45, 7) is 9.91. The molecule has 1 aromatic heterocycles. The molecule has 2 N–H and O–H groups in total. The van der Waals surface area contributed by atoms with Crippen molar-refractivity contribution < 1.29 is 13.9 Å². The van der Waals surface area contributed by atoms with E-state index in [-0.39, 0.29) is 12.0 Å². The van der Waals surface area contributed by atoms with E-state index in [1.165, 1.54) is 0 Å². The van der Waals surface area contributed by atoms with Crippen LogP contribution in [0.25, 0.3) is 11.5 Å². The van der Waals surface area contributed by atoms with Crippen LogP contribution in [0.2, 0.25) is 0 Å². The van der Waals surface area contributed by atoms with Crippen LogP contribution in [0.4, 0.5) is 10.5 Å². The molecule has 7 heteroatoms. The first-order valence-electron chi connectivity index (χ1n) is 7.61. The van der Waals surface area contributed by atoms with Crippen LogP contribution in [0, 0.1) is 0 Å². The first kappa shape index (κ1) is 17.5. The molecule has 1 heterocycles. The molecule has 0 aliphatic rings. The molecular weight excluding hydrogens is 308 g/mol. The third-order valence-corrected chi connectivity index (χ3v) is 3.36. The van der Waals surface area contributed by atoms with Gasteiger partial charge in [0, 0.05) is 17.8 Å². The number of hydrogen-bond acceptors (Lipinski definition) is 6. The lowest BCUT2D eigenvalue weighted by Gasteiger charge is -2.33. The summed E-state index contributed by atoms with van der Waals surface area (Å²) in [7, 11) is 0. The maximum atomic E-state index is 12.4. The third kappa shape index (κ3) is 4.13. The number of para-hydroxylation sites is 1. The highest BCUT2D eigenvalue weighted by Crippen LogP contribution is 2.26. The van der Waals surface area contributed by atoms with Crippen LogP contribution in [0.5, 0.6) is 6.08 Å². The summed E-state index contributed by atoms with van der Waals surface area (Å²) >= 11 is 0. The van der Waals surface area contributed by atoms with Crippen molar-refractivity contribution in [2.45, 2.75) is 32.7 Å². The number of rotatable bonds is 5. The second-order valence-corrected chi connectivity index (χ2v) is 6.23. The van der Waals surface area contributed by atoms with Gasteiger partial charge in [-0.25, -0.2) is 4.79 Å². The quantitative estimate of drug-likeness (QED) is 0.666. The summed E-state index contributed by atoms with van der Waals surface area (Å²) in [5, 5.41) is 7.63. The predicted molar refractivity (Wildman–Crippen MR) is 91.4 cm³/mol. The van der Waals surface area contributed by atoms with Crippen LogP contribution in [-0.4, -0.2) is 33.3 Å². The molecule has 0 bridgehead atoms. The molecule has 0 fully saturated rings. The zero-order valence-corrected chi connectivity index (χ0v) is 14.2. The molecule has 128 valence electrons. The second-order valence-electron chi connectivity index (χ2n) is 6.23. The van der Waals surface area contributed by atoms with E-state index in [0.29, 0.717) is 24.2 Å². The third-order valence-electron chi connectivity index (χ3n) is 3.36. The molecule has 0 unspecified atom stereocenters. The van der Waals surface area contributed by atoms with Gasteiger partial charge in [0.2, 0.25) is 0 Å². The Morgan fingerprint density at radius 1 is 1.38 bits per heavy atom. The van der Waals surface area contributed by atoms with Crippen LogP contribution < -0.4 is 10.5 Å². The molecule has 0 spiro atoms. The fourth-order valence-corrected chi connectivity index (χ4v) is 2.10. The number of carbonyl (C=O) groups is 1. The number of nitrogens with two attached hydrogens (primary N) is 1. The van der Waals surface area contributed by atoms with Crippen molar-refractivity contribution in [2.75, 3.05) is 12.3 Å². The summed E-state index contributed by atoms with van der Waals surface area (Å²) in [6, 6.07) is 7.08. The standard InChI is InChI=1S/C17H22N4O3/c1-5-6-11-21(17(2,3)4)16(22)24-15-20-19-14(23-15)12-9-7-8-10-13(12)18/h5,7-10H,1,6,11,18H2,2-4H3. The zero-order chi connectivity index (χ0) is 17.7. The van der Waals surface area contributed by atoms with Crippen molar-refractivity contribution in [1.82, 2.24) is 15.1 Å². The van der Waals surface area contributed by atoms with Gasteiger partial charge in [-0.15, -0.1) is 11.7 Å². The van der Waals surface area contributed by atoms with Crippen molar-refractivity contribution in [1.29, 1.82) is 0 Å². The molecule has 2 rings (SSSR count). The Morgan fingerprint density at radius 3 is 2.71 bits per heavy atom. The highest BCUT2D eigenvalue weighted by Gasteiger charge is 2.29. The average Bonchev–Trinajstić information content (AvgIpc) is 2.95. The summed E-state index contributed by atoms with van der Waals surface area (Å²) in [6.07, 6.45) is 1.63. The van der Waals surface area contributed by atoms with E-state index < -0.39 is 11.6 Å². The highest BCUT2D eigenvalue weighted by atomic mass is 16.6. The summed E-state index contributed by atoms with van der Waals surface area (Å²) in [5.74, 6) is 0.198. The molecule has 0 aliphatic carbocycles. The minimum absolute atomic E-state index is 0.198. The number of benzene rings is 1. The average molecular weight is 330 g/mol. The maximum Gasteiger partial charge on any atom is 0.424 e. The number of amides is 1. The number of aromatic nitrogens is 2. The van der Waals surface area contributed by atoms with Gasteiger partial charge in [-0.05, 0) is 39.3 Å². The predicted octanol–water partition coefficient (Wildman–Crippen LogP) is 3.49. The molecule has 24 heavy (non-hydrogen) atoms. The minimum atomic E-state index is -0.555. The van der Waals surface area contributed by atoms with Gasteiger partial charge >= 0.3 is 12.2 Å². The van der Waals surface area contributed by atoms with E-state index >= 15 is 0 Å². The highest BCUT2D eigenvalue weighted by molar-refractivity contribution is 5.71. The van der Waals surface area contributed by atoms with Crippen LogP contribution in [0.3, 0.4) is 0 Å². The van der Waals surface area contributed by atoms with Gasteiger partial charge < -0.3 is 19.8 Å². The number of hydrogen-bond donors (Lipinski definition) is 1. The topological polar surface area (TPSA) is 94.5 Å². The van der Waals surface area contributed by atoms with E-state index in [1.54, 1.807) is 35.2 Å². The molecule has 2 aromatic rings. The van der Waals surface area contributed by atoms with Gasteiger partial charge in [0.25, 0.3) is 5.89 Å². The van der Waals surface area contributed by atoms with Crippen molar-refractivity contribution >= 4 is 11.8 Å². The lowest BCUT2D eigenvalue weighted by atomic mass is 10.1. The fraction of sp³-hybridized carbons (Fsp3) is 0.353. The Labute approximate surface area is 141 Å². The summed E-state index contributed by atoms with van der Waals surface area (Å²) in [4.78, 5) is 14.0. The van der Waals surface area contributed by atoms with Crippen molar-refractivity contribution in [3.05, 3.63) is 36.9 Å². The first-order valence-corrected chi connectivity index (χ1v) is 7.61. The Bertz CT molecular complexity index is 719. The van der Waals surface area contributed by atoms with E-state index in [4.69, 9.17) is 14.9 Å². The minimum Gasteiger partial charge on any atom is -0.398 e. The van der Waals surface area contributed by atoms with Crippen molar-refractivity contribution in [3.8, 4) is 17.5 Å². The van der Waals surface area contributed by atoms with Gasteiger partial charge in [-0.1, -0.05) is 23.3 Å². The molecular formula is C17H22N4O3. The zero-order valence-electron chi connectivity index (χ0n) is 14.2. The van der Waals surface area contributed by atoms with E-state index in [1.807, 2.05) is 20.8 Å². The first-order chi connectivity index (χ1) is 11.3. The lowest BCUT2D eigenvalue weighted by Crippen LogP contribution is -2.47. The molecule has 0 saturated heterocycles. The summed E-state index contributed by atoms with van der Waals surface area (Å²) in [5.41, 5.74) is 6.55. The number of nitrogen functional groups attached to an aromatic ring is 1. The Balaban J connectivity index is 2.14. The fourth-order valence-electron chi connectivity index (χ4n) is 2.10. The number of anilines is 1. The largest absolute Gasteiger partial charge is 0.424 e. The van der Waals surface area contributed by atoms with E-state index in [9.17, 15) is 4.79 Å². The Morgan fingerprint density at radius 2 is 2.08 bits per heavy atom. The van der Waals surface area contributed by atoms with E-state index in [0.717, 1.165) is 0 Å². The number of ether oxygens (including phenoxy) is 1. The normalized spacial score (nSPS) is 11.1. The van der Waals surface area contributed by atoms with Crippen LogP contribution in [-0.2, 0) is 0 Å². The second kappa shape index (κ2) is 7.16. The molecule has 1 amide bonds. The smallest absolute Gasteiger partial charge is 0.398 e. The monoisotopic (exact) mass is 330 g/mol. The van der Waals surface area contributed by atoms with Gasteiger partial charge in [0.1, 0.15) is 0 Å². The Kier molecular flexibility index (Phi) is 5.23. The van der Waals surface area contributed by atoms with Crippen molar-refractivity contribution in [3.63, 3.8) is 0 Å². The molecule has 0 aliphatic heterocycles. The van der Waals surface area contributed by atoms with Gasteiger partial charge in [0.05, 0.1) is 5.56 Å².